The van der Waals surface area contributed by atoms with Crippen LogP contribution in [0, 0.1) is 17.3 Å². The molecule has 0 bridgehead atoms. The molecule has 2 atom stereocenters. The molecular formula is C18H28O6S2. The molecular weight excluding hydrogens is 376 g/mol. The van der Waals surface area contributed by atoms with Crippen molar-refractivity contribution in [3.63, 3.8) is 0 Å². The fourth-order valence-electron chi connectivity index (χ4n) is 2.09. The summed E-state index contributed by atoms with van der Waals surface area (Å²) in [6.45, 7) is 9.24. The van der Waals surface area contributed by atoms with Crippen LogP contribution in [0.4, 0.5) is 0 Å². The van der Waals surface area contributed by atoms with Crippen molar-refractivity contribution in [2.24, 2.45) is 17.3 Å². The number of carbonyl (C=O) groups is 3. The van der Waals surface area contributed by atoms with Gasteiger partial charge in [-0.15, -0.1) is 0 Å². The van der Waals surface area contributed by atoms with Gasteiger partial charge in [0.2, 0.25) is 4.38 Å². The van der Waals surface area contributed by atoms with Crippen LogP contribution in [0.1, 0.15) is 53.9 Å². The number of esters is 2. The van der Waals surface area contributed by atoms with Crippen molar-refractivity contribution in [2.75, 3.05) is 13.2 Å². The third kappa shape index (κ3) is 7.61. The van der Waals surface area contributed by atoms with E-state index in [-0.39, 0.29) is 29.1 Å². The Morgan fingerprint density at radius 1 is 1.12 bits per heavy atom. The molecule has 8 heteroatoms. The van der Waals surface area contributed by atoms with Crippen molar-refractivity contribution in [1.29, 1.82) is 0 Å². The molecule has 1 rings (SSSR count). The van der Waals surface area contributed by atoms with E-state index in [1.54, 1.807) is 34.6 Å². The van der Waals surface area contributed by atoms with Crippen LogP contribution in [-0.4, -0.2) is 40.8 Å². The second kappa shape index (κ2) is 10.3. The molecule has 0 radical (unpaired) electrons. The zero-order valence-corrected chi connectivity index (χ0v) is 17.7. The highest BCUT2D eigenvalue weighted by molar-refractivity contribution is 8.22. The first-order chi connectivity index (χ1) is 12.1. The third-order valence-corrected chi connectivity index (χ3v) is 4.93. The molecule has 0 N–H and O–H groups in total. The molecule has 0 saturated heterocycles. The van der Waals surface area contributed by atoms with Gasteiger partial charge in [0, 0.05) is 12.3 Å². The second-order valence-corrected chi connectivity index (χ2v) is 8.86. The van der Waals surface area contributed by atoms with Crippen molar-refractivity contribution in [1.82, 2.24) is 0 Å². The van der Waals surface area contributed by atoms with Crippen LogP contribution in [0.15, 0.2) is 0 Å². The lowest BCUT2D eigenvalue weighted by Gasteiger charge is -2.25. The molecule has 0 aromatic heterocycles. The summed E-state index contributed by atoms with van der Waals surface area (Å²) in [7, 11) is 0. The lowest BCUT2D eigenvalue weighted by molar-refractivity contribution is -0.159. The molecule has 2 unspecified atom stereocenters. The fraction of sp³-hybridized carbons (Fsp3) is 0.778. The molecule has 0 aromatic rings. The Hall–Kier alpha value is -1.15. The number of rotatable bonds is 9. The molecule has 1 aliphatic rings. The lowest BCUT2D eigenvalue weighted by Crippen LogP contribution is -2.34. The zero-order chi connectivity index (χ0) is 19.9. The van der Waals surface area contributed by atoms with Gasteiger partial charge in [0.1, 0.15) is 11.7 Å². The minimum Gasteiger partial charge on any atom is -0.479 e. The minimum atomic E-state index is -0.961. The van der Waals surface area contributed by atoms with Crippen molar-refractivity contribution < 1.29 is 28.6 Å². The van der Waals surface area contributed by atoms with Crippen molar-refractivity contribution >= 4 is 46.1 Å². The summed E-state index contributed by atoms with van der Waals surface area (Å²) in [6, 6.07) is 0. The first kappa shape index (κ1) is 22.9. The van der Waals surface area contributed by atoms with Crippen LogP contribution in [0.3, 0.4) is 0 Å². The van der Waals surface area contributed by atoms with Crippen LogP contribution in [0.25, 0.3) is 0 Å². The summed E-state index contributed by atoms with van der Waals surface area (Å²) in [4.78, 5) is 37.1. The SMILES string of the molecule is CCOC(=O)C(CC(OC(=O)C(C)(C)C)SC(=S)OCC)C(=O)C1CC1. The number of thioether (sulfide) groups is 1. The molecule has 0 heterocycles. The Morgan fingerprint density at radius 3 is 2.15 bits per heavy atom. The van der Waals surface area contributed by atoms with E-state index in [9.17, 15) is 14.4 Å². The standard InChI is InChI=1S/C18H28O6S2/c1-6-22-15(20)12(14(19)11-8-9-11)10-13(26-17(25)23-7-2)24-16(21)18(3,4)5/h11-13H,6-10H2,1-5H3. The first-order valence-corrected chi connectivity index (χ1v) is 10.1. The van der Waals surface area contributed by atoms with Crippen LogP contribution < -0.4 is 0 Å². The van der Waals surface area contributed by atoms with E-state index in [0.717, 1.165) is 24.6 Å². The topological polar surface area (TPSA) is 78.9 Å². The third-order valence-electron chi connectivity index (χ3n) is 3.66. The number of hydrogen-bond acceptors (Lipinski definition) is 8. The predicted octanol–water partition coefficient (Wildman–Crippen LogP) is 3.50. The van der Waals surface area contributed by atoms with Crippen LogP contribution in [-0.2, 0) is 28.6 Å². The molecule has 1 aliphatic carbocycles. The highest BCUT2D eigenvalue weighted by atomic mass is 32.2. The smallest absolute Gasteiger partial charge is 0.316 e. The Kier molecular flexibility index (Phi) is 9.03. The zero-order valence-electron chi connectivity index (χ0n) is 16.0. The van der Waals surface area contributed by atoms with E-state index in [4.69, 9.17) is 26.4 Å². The van der Waals surface area contributed by atoms with Crippen molar-refractivity contribution in [3.05, 3.63) is 0 Å². The van der Waals surface area contributed by atoms with Gasteiger partial charge in [-0.25, -0.2) is 0 Å². The maximum Gasteiger partial charge on any atom is 0.316 e. The number of ketones is 1. The molecule has 6 nitrogen and oxygen atoms in total. The summed E-state index contributed by atoms with van der Waals surface area (Å²) < 4.78 is 16.1. The van der Waals surface area contributed by atoms with Gasteiger partial charge in [0.05, 0.1) is 18.6 Å². The van der Waals surface area contributed by atoms with Crippen LogP contribution >= 0.6 is 24.0 Å². The number of carbonyl (C=O) groups excluding carboxylic acids is 3. The quantitative estimate of drug-likeness (QED) is 0.250. The molecule has 1 saturated carbocycles. The summed E-state index contributed by atoms with van der Waals surface area (Å²) in [5, 5.41) is 0. The summed E-state index contributed by atoms with van der Waals surface area (Å²) in [5.41, 5.74) is -1.51. The van der Waals surface area contributed by atoms with Gasteiger partial charge in [0.25, 0.3) is 0 Å². The second-order valence-electron chi connectivity index (χ2n) is 7.10. The first-order valence-electron chi connectivity index (χ1n) is 8.84. The monoisotopic (exact) mass is 404 g/mol. The molecule has 148 valence electrons. The lowest BCUT2D eigenvalue weighted by atomic mass is 9.96. The van der Waals surface area contributed by atoms with Gasteiger partial charge < -0.3 is 14.2 Å². The largest absolute Gasteiger partial charge is 0.479 e. The highest BCUT2D eigenvalue weighted by Gasteiger charge is 2.41. The number of ether oxygens (including phenoxy) is 3. The average Bonchev–Trinajstić information content (AvgIpc) is 3.35. The Balaban J connectivity index is 2.92. The van der Waals surface area contributed by atoms with Crippen molar-refractivity contribution in [3.8, 4) is 0 Å². The van der Waals surface area contributed by atoms with E-state index in [1.165, 1.54) is 0 Å². The number of Topliss-reactive ketones (excluding diaryl/α,β-unsaturated/α-hetero) is 1. The van der Waals surface area contributed by atoms with E-state index >= 15 is 0 Å². The summed E-state index contributed by atoms with van der Waals surface area (Å²) >= 11 is 6.16. The Morgan fingerprint density at radius 2 is 1.69 bits per heavy atom. The van der Waals surface area contributed by atoms with Gasteiger partial charge >= 0.3 is 11.9 Å². The normalized spacial score (nSPS) is 16.3. The van der Waals surface area contributed by atoms with Gasteiger partial charge in [-0.1, -0.05) is 0 Å². The van der Waals surface area contributed by atoms with Gasteiger partial charge in [-0.2, -0.15) is 0 Å². The van der Waals surface area contributed by atoms with E-state index in [1.807, 2.05) is 0 Å². The molecule has 0 aliphatic heterocycles. The molecule has 26 heavy (non-hydrogen) atoms. The van der Waals surface area contributed by atoms with E-state index in [2.05, 4.69) is 0 Å². The fourth-order valence-corrected chi connectivity index (χ4v) is 3.36. The summed E-state index contributed by atoms with van der Waals surface area (Å²) in [6.07, 6.45) is 1.59. The van der Waals surface area contributed by atoms with Crippen LogP contribution in [0.2, 0.25) is 0 Å². The van der Waals surface area contributed by atoms with Gasteiger partial charge in [0.15, 0.2) is 5.44 Å². The average molecular weight is 405 g/mol. The Bertz CT molecular complexity index is 536. The van der Waals surface area contributed by atoms with Gasteiger partial charge in [-0.3, -0.25) is 14.4 Å². The number of hydrogen-bond donors (Lipinski definition) is 0. The van der Waals surface area contributed by atoms with Crippen LogP contribution in [0.5, 0.6) is 0 Å². The highest BCUT2D eigenvalue weighted by Crippen LogP contribution is 2.36. The Labute approximate surface area is 164 Å². The maximum absolute atomic E-state index is 12.5. The minimum absolute atomic E-state index is 0.0217. The number of thiocarbonyl (C=S) groups is 1. The predicted molar refractivity (Wildman–Crippen MR) is 104 cm³/mol. The maximum atomic E-state index is 12.5. The van der Waals surface area contributed by atoms with E-state index in [0.29, 0.717) is 6.61 Å². The molecule has 0 spiro atoms. The molecule has 0 aromatic carbocycles. The van der Waals surface area contributed by atoms with E-state index < -0.39 is 28.7 Å². The summed E-state index contributed by atoms with van der Waals surface area (Å²) in [5.74, 6) is -2.23. The molecule has 0 amide bonds. The van der Waals surface area contributed by atoms with Crippen molar-refractivity contribution in [2.45, 2.75) is 59.3 Å². The van der Waals surface area contributed by atoms with Gasteiger partial charge in [-0.05, 0) is 71.4 Å². The molecule has 1 fully saturated rings.